The topological polar surface area (TPSA) is 157 Å². The molecule has 72 heavy (non-hydrogen) atoms. The SMILES string of the molecule is CCC(N)C(C)CCC(C)SSC(C)CCC(=O)Nc1cc(COc2cc3c(cc2OC)C(=O)N2c4ccccc4C[C@H]2C=N3)cc(COc2cc(NCC3Cc4ccccc4N3C)c(C=O)cc2OC)c1. The van der Waals surface area contributed by atoms with Crippen LogP contribution in [0.25, 0.3) is 0 Å². The number of fused-ring (bicyclic) bond motifs is 5. The van der Waals surface area contributed by atoms with Crippen molar-refractivity contribution in [3.63, 3.8) is 0 Å². The maximum atomic E-state index is 14.1. The van der Waals surface area contributed by atoms with Crippen LogP contribution in [0.2, 0.25) is 0 Å². The van der Waals surface area contributed by atoms with Crippen molar-refractivity contribution in [1.29, 1.82) is 0 Å². The summed E-state index contributed by atoms with van der Waals surface area (Å²) in [4.78, 5) is 48.9. The number of carbonyl (C=O) groups excluding carboxylic acids is 3. The number of rotatable bonds is 24. The number of likely N-dealkylation sites (N-methyl/N-ethyl adjacent to an activating group) is 1. The highest BCUT2D eigenvalue weighted by atomic mass is 33.1. The lowest BCUT2D eigenvalue weighted by Crippen LogP contribution is -2.37. The van der Waals surface area contributed by atoms with Gasteiger partial charge in [0.2, 0.25) is 5.91 Å². The van der Waals surface area contributed by atoms with Gasteiger partial charge < -0.3 is 40.2 Å². The highest BCUT2D eigenvalue weighted by Crippen LogP contribution is 2.42. The summed E-state index contributed by atoms with van der Waals surface area (Å²) in [7, 11) is 8.91. The van der Waals surface area contributed by atoms with E-state index < -0.39 is 0 Å². The van der Waals surface area contributed by atoms with Crippen LogP contribution in [0.1, 0.15) is 103 Å². The first-order valence-corrected chi connectivity index (χ1v) is 27.3. The molecule has 0 fully saturated rings. The molecule has 0 aliphatic carbocycles. The molecule has 15 heteroatoms. The van der Waals surface area contributed by atoms with Crippen LogP contribution in [0.5, 0.6) is 23.0 Å². The van der Waals surface area contributed by atoms with Crippen LogP contribution in [-0.2, 0) is 30.8 Å². The van der Waals surface area contributed by atoms with Gasteiger partial charge in [-0.05, 0) is 103 Å². The minimum Gasteiger partial charge on any atom is -0.493 e. The molecule has 6 atom stereocenters. The monoisotopic (exact) mass is 1010 g/mol. The van der Waals surface area contributed by atoms with E-state index in [-0.39, 0.29) is 48.4 Å². The third kappa shape index (κ3) is 12.4. The Bertz CT molecular complexity index is 2770. The van der Waals surface area contributed by atoms with Crippen LogP contribution in [0, 0.1) is 5.92 Å². The number of aliphatic imine (C=N–C) groups is 1. The zero-order valence-electron chi connectivity index (χ0n) is 42.4. The highest BCUT2D eigenvalue weighted by molar-refractivity contribution is 8.77. The van der Waals surface area contributed by atoms with E-state index in [0.717, 1.165) is 60.8 Å². The molecule has 5 unspecified atom stereocenters. The van der Waals surface area contributed by atoms with Gasteiger partial charge in [-0.2, -0.15) is 0 Å². The molecule has 380 valence electrons. The van der Waals surface area contributed by atoms with E-state index in [1.807, 2.05) is 82.4 Å². The van der Waals surface area contributed by atoms with Crippen molar-refractivity contribution < 1.29 is 33.3 Å². The van der Waals surface area contributed by atoms with Crippen LogP contribution in [0.15, 0.2) is 96.0 Å². The van der Waals surface area contributed by atoms with Crippen molar-refractivity contribution in [2.24, 2.45) is 16.6 Å². The number of nitrogens with zero attached hydrogens (tertiary/aromatic N) is 3. The number of benzene rings is 5. The number of nitrogens with two attached hydrogens (primary N) is 1. The van der Waals surface area contributed by atoms with E-state index in [4.69, 9.17) is 29.7 Å². The van der Waals surface area contributed by atoms with Crippen molar-refractivity contribution >= 4 is 74.3 Å². The van der Waals surface area contributed by atoms with E-state index in [1.54, 1.807) is 37.3 Å². The number of carbonyl (C=O) groups is 3. The molecule has 5 aromatic rings. The van der Waals surface area contributed by atoms with Crippen LogP contribution in [-0.4, -0.2) is 80.8 Å². The summed E-state index contributed by atoms with van der Waals surface area (Å²) in [6, 6.07) is 29.3. The summed E-state index contributed by atoms with van der Waals surface area (Å²) >= 11 is 0. The molecular weight excluding hydrogens is 945 g/mol. The Labute approximate surface area is 432 Å². The lowest BCUT2D eigenvalue weighted by molar-refractivity contribution is -0.116. The molecule has 0 spiro atoms. The normalized spacial score (nSPS) is 17.1. The molecular formula is C57H68N6O7S2. The first-order valence-electron chi connectivity index (χ1n) is 25.0. The largest absolute Gasteiger partial charge is 0.493 e. The van der Waals surface area contributed by atoms with Gasteiger partial charge >= 0.3 is 0 Å². The van der Waals surface area contributed by atoms with Gasteiger partial charge in [0.05, 0.1) is 37.6 Å². The Kier molecular flexibility index (Phi) is 17.4. The van der Waals surface area contributed by atoms with Crippen molar-refractivity contribution in [2.75, 3.05) is 48.2 Å². The fourth-order valence-corrected chi connectivity index (χ4v) is 12.2. The second-order valence-electron chi connectivity index (χ2n) is 19.2. The Balaban J connectivity index is 0.979. The molecule has 0 aromatic heterocycles. The summed E-state index contributed by atoms with van der Waals surface area (Å²) in [6.45, 7) is 9.64. The van der Waals surface area contributed by atoms with Crippen molar-refractivity contribution in [3.05, 3.63) is 124 Å². The Morgan fingerprint density at radius 1 is 0.819 bits per heavy atom. The van der Waals surface area contributed by atoms with Crippen LogP contribution >= 0.6 is 21.6 Å². The average Bonchev–Trinajstić information content (AvgIpc) is 3.89. The Hall–Kier alpha value is -6.16. The second-order valence-corrected chi connectivity index (χ2v) is 22.4. The van der Waals surface area contributed by atoms with Crippen LogP contribution < -0.4 is 45.1 Å². The number of anilines is 4. The highest BCUT2D eigenvalue weighted by Gasteiger charge is 2.36. The van der Waals surface area contributed by atoms with E-state index in [0.29, 0.717) is 81.7 Å². The van der Waals surface area contributed by atoms with Crippen LogP contribution in [0.3, 0.4) is 0 Å². The van der Waals surface area contributed by atoms with E-state index in [9.17, 15) is 14.4 Å². The number of aldehydes is 1. The molecule has 0 saturated heterocycles. The van der Waals surface area contributed by atoms with Gasteiger partial charge in [-0.15, -0.1) is 0 Å². The summed E-state index contributed by atoms with van der Waals surface area (Å²) < 4.78 is 24.5. The minimum absolute atomic E-state index is 0.0938. The number of methoxy groups -OCH3 is 2. The summed E-state index contributed by atoms with van der Waals surface area (Å²) in [6.07, 6.45) is 8.50. The number of para-hydroxylation sites is 2. The predicted octanol–water partition coefficient (Wildman–Crippen LogP) is 11.5. The molecule has 3 aliphatic rings. The number of amides is 2. The summed E-state index contributed by atoms with van der Waals surface area (Å²) in [5.74, 6) is 1.93. The number of hydrogen-bond donors (Lipinski definition) is 3. The van der Waals surface area contributed by atoms with Gasteiger partial charge in [0.15, 0.2) is 29.3 Å². The average molecular weight is 1010 g/mol. The fraction of sp³-hybridized carbons (Fsp3) is 0.404. The Morgan fingerprint density at radius 3 is 2.12 bits per heavy atom. The van der Waals surface area contributed by atoms with Gasteiger partial charge in [0.25, 0.3) is 5.91 Å². The molecule has 2 amide bonds. The first kappa shape index (κ1) is 52.2. The molecule has 5 aromatic carbocycles. The number of nitrogens with one attached hydrogen (secondary N) is 2. The summed E-state index contributed by atoms with van der Waals surface area (Å²) in [5, 5.41) is 7.43. The Morgan fingerprint density at radius 2 is 1.46 bits per heavy atom. The standard InChI is InChI=1S/C57H68N6O7S2/c1-8-47(58)35(2)17-18-36(3)71-72-37(4)19-20-56(65)61-43-22-38(33-69-54-28-48(42(32-64)26-52(54)67-6)59-30-44-24-40-13-9-11-15-50(40)62(44)5)21-39(23-43)34-70-55-29-49-46(27-53(55)68-7)57(66)63-45(31-60-49)25-41-14-10-12-16-51(41)63/h9-16,21-23,26-29,31-32,35-37,44-45,47,59H,8,17-20,24-25,30,33-34,58H2,1-7H3,(H,61,65)/t35?,36?,37?,44?,45-,47?/m0/s1. The number of ether oxygens (including phenoxy) is 4. The molecule has 8 rings (SSSR count). The molecule has 13 nitrogen and oxygen atoms in total. The van der Waals surface area contributed by atoms with Crippen molar-refractivity contribution in [3.8, 4) is 23.0 Å². The first-order chi connectivity index (χ1) is 34.8. The lowest BCUT2D eigenvalue weighted by Gasteiger charge is -2.24. The smallest absolute Gasteiger partial charge is 0.261 e. The lowest BCUT2D eigenvalue weighted by atomic mass is 9.95. The zero-order chi connectivity index (χ0) is 50.9. The zero-order valence-corrected chi connectivity index (χ0v) is 44.1. The van der Waals surface area contributed by atoms with Gasteiger partial charge in [0, 0.05) is 89.6 Å². The minimum atomic E-state index is -0.196. The van der Waals surface area contributed by atoms with Crippen molar-refractivity contribution in [2.45, 2.75) is 114 Å². The quantitative estimate of drug-likeness (QED) is 0.0398. The van der Waals surface area contributed by atoms with Crippen LogP contribution in [0.4, 0.5) is 28.4 Å². The van der Waals surface area contributed by atoms with Crippen molar-refractivity contribution in [1.82, 2.24) is 0 Å². The maximum absolute atomic E-state index is 14.1. The molecule has 3 aliphatic heterocycles. The summed E-state index contributed by atoms with van der Waals surface area (Å²) in [5.41, 5.74) is 14.9. The van der Waals surface area contributed by atoms with E-state index in [1.165, 1.54) is 11.3 Å². The third-order valence-electron chi connectivity index (χ3n) is 14.0. The predicted molar refractivity (Wildman–Crippen MR) is 295 cm³/mol. The number of hydrogen-bond acceptors (Lipinski definition) is 13. The molecule has 4 N–H and O–H groups in total. The fourth-order valence-electron chi connectivity index (χ4n) is 9.62. The van der Waals surface area contributed by atoms with E-state index in [2.05, 4.69) is 68.5 Å². The second kappa shape index (κ2) is 24.0. The van der Waals surface area contributed by atoms with Gasteiger partial charge in [-0.1, -0.05) is 85.7 Å². The molecule has 0 saturated carbocycles. The van der Waals surface area contributed by atoms with Gasteiger partial charge in [-0.25, -0.2) is 0 Å². The molecule has 0 radical (unpaired) electrons. The van der Waals surface area contributed by atoms with Gasteiger partial charge in [0.1, 0.15) is 13.2 Å². The third-order valence-corrected chi connectivity index (χ3v) is 17.6. The van der Waals surface area contributed by atoms with Gasteiger partial charge in [-0.3, -0.25) is 24.3 Å². The molecule has 3 heterocycles. The molecule has 0 bridgehead atoms. The van der Waals surface area contributed by atoms with E-state index >= 15 is 0 Å². The maximum Gasteiger partial charge on any atom is 0.261 e.